The van der Waals surface area contributed by atoms with Crippen molar-refractivity contribution < 1.29 is 19.0 Å². The maximum absolute atomic E-state index is 12.6. The third kappa shape index (κ3) is 4.74. The van der Waals surface area contributed by atoms with Crippen molar-refractivity contribution in [3.63, 3.8) is 0 Å². The van der Waals surface area contributed by atoms with E-state index in [0.29, 0.717) is 17.5 Å². The van der Waals surface area contributed by atoms with E-state index in [4.69, 9.17) is 14.2 Å². The lowest BCUT2D eigenvalue weighted by atomic mass is 9.96. The fourth-order valence-electron chi connectivity index (χ4n) is 4.62. The Morgan fingerprint density at radius 2 is 1.97 bits per heavy atom. The fraction of sp³-hybridized carbons (Fsp3) is 0.520. The molecule has 3 heterocycles. The number of nitrogens with zero attached hydrogens (tertiary/aromatic N) is 3. The quantitative estimate of drug-likeness (QED) is 0.612. The normalized spacial score (nSPS) is 17.6. The van der Waals surface area contributed by atoms with Crippen molar-refractivity contribution in [3.8, 4) is 17.0 Å². The largest absolute Gasteiger partial charge is 0.472 e. The molecule has 0 saturated carbocycles. The number of carbonyl (C=O) groups is 1. The van der Waals surface area contributed by atoms with Gasteiger partial charge in [-0.25, -0.2) is 9.78 Å². The van der Waals surface area contributed by atoms with Crippen molar-refractivity contribution in [2.45, 2.75) is 38.8 Å². The first kappa shape index (κ1) is 22.6. The van der Waals surface area contributed by atoms with Crippen LogP contribution in [-0.4, -0.2) is 75.0 Å². The fourth-order valence-corrected chi connectivity index (χ4v) is 4.62. The van der Waals surface area contributed by atoms with Crippen LogP contribution < -0.4 is 9.64 Å². The van der Waals surface area contributed by atoms with Gasteiger partial charge in [0.15, 0.2) is 0 Å². The highest BCUT2D eigenvalue weighted by Gasteiger charge is 2.26. The van der Waals surface area contributed by atoms with Crippen LogP contribution in [0.25, 0.3) is 11.1 Å². The minimum Gasteiger partial charge on any atom is -0.472 e. The molecule has 1 aromatic heterocycles. The molecule has 2 aliphatic rings. The van der Waals surface area contributed by atoms with Gasteiger partial charge < -0.3 is 19.1 Å². The van der Waals surface area contributed by atoms with E-state index in [1.165, 1.54) is 7.11 Å². The molecule has 0 N–H and O–H groups in total. The molecule has 172 valence electrons. The van der Waals surface area contributed by atoms with Crippen molar-refractivity contribution in [3.05, 3.63) is 41.6 Å². The van der Waals surface area contributed by atoms with Gasteiger partial charge in [0.2, 0.25) is 5.88 Å². The number of aromatic nitrogens is 1. The molecule has 7 nitrogen and oxygen atoms in total. The number of hydrogen-bond donors (Lipinski definition) is 0. The second kappa shape index (κ2) is 9.88. The molecular formula is C25H33N3O4. The summed E-state index contributed by atoms with van der Waals surface area (Å²) < 4.78 is 16.6. The lowest BCUT2D eigenvalue weighted by Crippen LogP contribution is -2.51. The maximum Gasteiger partial charge on any atom is 0.338 e. The molecule has 2 aliphatic heterocycles. The van der Waals surface area contributed by atoms with E-state index < -0.39 is 0 Å². The van der Waals surface area contributed by atoms with Gasteiger partial charge in [-0.1, -0.05) is 0 Å². The van der Waals surface area contributed by atoms with Gasteiger partial charge in [-0.3, -0.25) is 4.90 Å². The topological polar surface area (TPSA) is 64.1 Å². The average molecular weight is 440 g/mol. The predicted molar refractivity (Wildman–Crippen MR) is 125 cm³/mol. The number of ether oxygens (including phenoxy) is 3. The summed E-state index contributed by atoms with van der Waals surface area (Å²) in [6, 6.07) is 8.37. The number of pyridine rings is 1. The van der Waals surface area contributed by atoms with Crippen LogP contribution in [0.5, 0.6) is 5.88 Å². The molecule has 0 radical (unpaired) electrons. The Bertz CT molecular complexity index is 935. The van der Waals surface area contributed by atoms with Gasteiger partial charge in [0, 0.05) is 62.4 Å². The summed E-state index contributed by atoms with van der Waals surface area (Å²) in [5.41, 5.74) is 4.48. The zero-order chi connectivity index (χ0) is 22.7. The molecule has 1 aromatic carbocycles. The second-order valence-electron chi connectivity index (χ2n) is 8.64. The summed E-state index contributed by atoms with van der Waals surface area (Å²) in [4.78, 5) is 21.7. The number of methoxy groups -OCH3 is 1. The minimum atomic E-state index is -0.323. The SMILES string of the molecule is CCN(c1cc(-c2ccc(OC3CN(C)C3)nc2)cc(C(=O)OC)c1C)C1CCOCC1. The third-order valence-electron chi connectivity index (χ3n) is 6.46. The van der Waals surface area contributed by atoms with E-state index >= 15 is 0 Å². The van der Waals surface area contributed by atoms with E-state index in [2.05, 4.69) is 34.8 Å². The van der Waals surface area contributed by atoms with Crippen molar-refractivity contribution in [2.75, 3.05) is 51.9 Å². The van der Waals surface area contributed by atoms with Crippen LogP contribution in [0.3, 0.4) is 0 Å². The zero-order valence-corrected chi connectivity index (χ0v) is 19.5. The summed E-state index contributed by atoms with van der Waals surface area (Å²) >= 11 is 0. The highest BCUT2D eigenvalue weighted by Crippen LogP contribution is 2.34. The maximum atomic E-state index is 12.6. The Kier molecular flexibility index (Phi) is 6.96. The number of likely N-dealkylation sites (N-methyl/N-ethyl adjacent to an activating group) is 1. The highest BCUT2D eigenvalue weighted by molar-refractivity contribution is 5.95. The molecule has 2 aromatic rings. The number of rotatable bonds is 7. The molecule has 4 rings (SSSR count). The number of likely N-dealkylation sites (tertiary alicyclic amines) is 1. The smallest absolute Gasteiger partial charge is 0.338 e. The van der Waals surface area contributed by atoms with E-state index in [9.17, 15) is 4.79 Å². The zero-order valence-electron chi connectivity index (χ0n) is 19.5. The monoisotopic (exact) mass is 439 g/mol. The van der Waals surface area contributed by atoms with Gasteiger partial charge in [-0.05, 0) is 63.1 Å². The predicted octanol–water partition coefficient (Wildman–Crippen LogP) is 3.54. The first-order valence-electron chi connectivity index (χ1n) is 11.4. The molecule has 0 unspecified atom stereocenters. The van der Waals surface area contributed by atoms with E-state index in [0.717, 1.165) is 68.1 Å². The van der Waals surface area contributed by atoms with Crippen LogP contribution >= 0.6 is 0 Å². The van der Waals surface area contributed by atoms with Gasteiger partial charge in [-0.2, -0.15) is 0 Å². The van der Waals surface area contributed by atoms with E-state index in [1.807, 2.05) is 31.3 Å². The molecule has 7 heteroatoms. The van der Waals surface area contributed by atoms with Crippen molar-refractivity contribution in [1.29, 1.82) is 0 Å². The van der Waals surface area contributed by atoms with Crippen LogP contribution in [0.2, 0.25) is 0 Å². The standard InChI is InChI=1S/C25H33N3O4/c1-5-28(20-8-10-31-11-9-20)23-13-19(12-22(17(23)2)25(29)30-4)18-6-7-24(26-14-18)32-21-15-27(3)16-21/h6-7,12-14,20-21H,5,8-11,15-16H2,1-4H3. The van der Waals surface area contributed by atoms with E-state index in [-0.39, 0.29) is 12.1 Å². The number of benzene rings is 1. The van der Waals surface area contributed by atoms with Crippen molar-refractivity contribution in [2.24, 2.45) is 0 Å². The molecule has 0 atom stereocenters. The summed E-state index contributed by atoms with van der Waals surface area (Å²) in [5.74, 6) is 0.306. The van der Waals surface area contributed by atoms with Gasteiger partial charge in [0.1, 0.15) is 6.10 Å². The molecule has 2 saturated heterocycles. The first-order valence-corrected chi connectivity index (χ1v) is 11.4. The molecule has 0 bridgehead atoms. The van der Waals surface area contributed by atoms with Gasteiger partial charge in [-0.15, -0.1) is 0 Å². The number of carbonyl (C=O) groups excluding carboxylic acids is 1. The van der Waals surface area contributed by atoms with Crippen LogP contribution in [0.15, 0.2) is 30.5 Å². The third-order valence-corrected chi connectivity index (χ3v) is 6.46. The molecule has 0 amide bonds. The summed E-state index contributed by atoms with van der Waals surface area (Å²) in [7, 11) is 3.50. The van der Waals surface area contributed by atoms with Gasteiger partial charge in [0.25, 0.3) is 0 Å². The van der Waals surface area contributed by atoms with Crippen LogP contribution in [0, 0.1) is 6.92 Å². The molecule has 0 aliphatic carbocycles. The lowest BCUT2D eigenvalue weighted by molar-refractivity contribution is 0.0356. The van der Waals surface area contributed by atoms with Gasteiger partial charge in [0.05, 0.1) is 12.7 Å². The summed E-state index contributed by atoms with van der Waals surface area (Å²) in [6.07, 6.45) is 3.98. The Morgan fingerprint density at radius 3 is 2.56 bits per heavy atom. The summed E-state index contributed by atoms with van der Waals surface area (Å²) in [5, 5.41) is 0. The second-order valence-corrected chi connectivity index (χ2v) is 8.64. The van der Waals surface area contributed by atoms with Crippen molar-refractivity contribution >= 4 is 11.7 Å². The van der Waals surface area contributed by atoms with Crippen LogP contribution in [0.1, 0.15) is 35.7 Å². The first-order chi connectivity index (χ1) is 15.5. The Hall–Kier alpha value is -2.64. The Morgan fingerprint density at radius 1 is 1.22 bits per heavy atom. The van der Waals surface area contributed by atoms with Gasteiger partial charge >= 0.3 is 5.97 Å². The summed E-state index contributed by atoms with van der Waals surface area (Å²) in [6.45, 7) is 8.40. The molecule has 32 heavy (non-hydrogen) atoms. The van der Waals surface area contributed by atoms with Crippen LogP contribution in [-0.2, 0) is 9.47 Å². The number of anilines is 1. The average Bonchev–Trinajstić information content (AvgIpc) is 2.80. The van der Waals surface area contributed by atoms with E-state index in [1.54, 1.807) is 0 Å². The van der Waals surface area contributed by atoms with Crippen LogP contribution in [0.4, 0.5) is 5.69 Å². The highest BCUT2D eigenvalue weighted by atomic mass is 16.5. The molecular weight excluding hydrogens is 406 g/mol. The molecule has 0 spiro atoms. The Labute approximate surface area is 190 Å². The number of hydrogen-bond acceptors (Lipinski definition) is 7. The minimum absolute atomic E-state index is 0.202. The van der Waals surface area contributed by atoms with Crippen molar-refractivity contribution in [1.82, 2.24) is 9.88 Å². The molecule has 2 fully saturated rings. The lowest BCUT2D eigenvalue weighted by Gasteiger charge is -2.37. The number of esters is 1. The Balaban J connectivity index is 1.66.